The monoisotopic (exact) mass is 378 g/mol. The number of hydrogen-bond donors (Lipinski definition) is 1. The molecule has 5 heteroatoms. The number of amides is 1. The first-order chi connectivity index (χ1) is 13.3. The number of aromatic nitrogens is 1. The van der Waals surface area contributed by atoms with Gasteiger partial charge in [0.25, 0.3) is 0 Å². The molecule has 4 nitrogen and oxygen atoms in total. The van der Waals surface area contributed by atoms with Gasteiger partial charge in [0.15, 0.2) is 5.13 Å². The van der Waals surface area contributed by atoms with Crippen molar-refractivity contribution in [2.75, 3.05) is 11.9 Å². The first kappa shape index (κ1) is 17.9. The second-order valence-electron chi connectivity index (χ2n) is 6.73. The highest BCUT2D eigenvalue weighted by molar-refractivity contribution is 7.15. The van der Waals surface area contributed by atoms with Gasteiger partial charge in [0.05, 0.1) is 12.0 Å². The fourth-order valence-electron chi connectivity index (χ4n) is 3.46. The molecule has 1 N–H and O–H groups in total. The summed E-state index contributed by atoms with van der Waals surface area (Å²) in [5, 5.41) is 3.66. The minimum atomic E-state index is -0.192. The summed E-state index contributed by atoms with van der Waals surface area (Å²) in [5.41, 5.74) is 2.30. The zero-order valence-electron chi connectivity index (χ0n) is 15.0. The second-order valence-corrected chi connectivity index (χ2v) is 7.85. The summed E-state index contributed by atoms with van der Waals surface area (Å²) in [6.07, 6.45) is 4.21. The Hall–Kier alpha value is -2.50. The maximum absolute atomic E-state index is 12.9. The first-order valence-electron chi connectivity index (χ1n) is 9.25. The zero-order chi connectivity index (χ0) is 18.5. The van der Waals surface area contributed by atoms with E-state index in [2.05, 4.69) is 22.4 Å². The van der Waals surface area contributed by atoms with Gasteiger partial charge in [-0.3, -0.25) is 4.79 Å². The first-order valence-corrected chi connectivity index (χ1v) is 10.1. The van der Waals surface area contributed by atoms with E-state index in [-0.39, 0.29) is 17.9 Å². The third-order valence-electron chi connectivity index (χ3n) is 4.79. The SMILES string of the molecule is O=C(Nc1ncc(Cc2ccccc2)s1)C1CCCOC1c1ccccc1. The molecule has 0 radical (unpaired) electrons. The van der Waals surface area contributed by atoms with Crippen molar-refractivity contribution in [3.05, 3.63) is 82.9 Å². The number of anilines is 1. The van der Waals surface area contributed by atoms with Crippen molar-refractivity contribution in [1.29, 1.82) is 0 Å². The number of rotatable bonds is 5. The van der Waals surface area contributed by atoms with Gasteiger partial charge in [-0.05, 0) is 24.0 Å². The van der Waals surface area contributed by atoms with Crippen LogP contribution in [-0.2, 0) is 16.0 Å². The molecular formula is C22H22N2O2S. The number of ether oxygens (including phenoxy) is 1. The number of hydrogen-bond acceptors (Lipinski definition) is 4. The van der Waals surface area contributed by atoms with E-state index >= 15 is 0 Å². The highest BCUT2D eigenvalue weighted by Crippen LogP contribution is 2.34. The highest BCUT2D eigenvalue weighted by atomic mass is 32.1. The molecule has 1 aliphatic rings. The van der Waals surface area contributed by atoms with Gasteiger partial charge in [0, 0.05) is 24.1 Å². The van der Waals surface area contributed by atoms with Gasteiger partial charge in [-0.25, -0.2) is 4.98 Å². The van der Waals surface area contributed by atoms with Crippen LogP contribution in [0.15, 0.2) is 66.9 Å². The second kappa shape index (κ2) is 8.46. The van der Waals surface area contributed by atoms with Gasteiger partial charge in [-0.2, -0.15) is 0 Å². The average molecular weight is 378 g/mol. The molecule has 2 aromatic carbocycles. The maximum atomic E-state index is 12.9. The summed E-state index contributed by atoms with van der Waals surface area (Å²) in [5.74, 6) is -0.202. The smallest absolute Gasteiger partial charge is 0.232 e. The van der Waals surface area contributed by atoms with Crippen LogP contribution >= 0.6 is 11.3 Å². The topological polar surface area (TPSA) is 51.2 Å². The summed E-state index contributed by atoms with van der Waals surface area (Å²) in [4.78, 5) is 18.4. The van der Waals surface area contributed by atoms with Gasteiger partial charge in [-0.15, -0.1) is 11.3 Å². The largest absolute Gasteiger partial charge is 0.373 e. The van der Waals surface area contributed by atoms with Gasteiger partial charge in [0.2, 0.25) is 5.91 Å². The van der Waals surface area contributed by atoms with E-state index in [1.54, 1.807) is 0 Å². The Kier molecular flexibility index (Phi) is 5.61. The fourth-order valence-corrected chi connectivity index (χ4v) is 4.31. The Morgan fingerprint density at radius 1 is 1.11 bits per heavy atom. The molecule has 2 atom stereocenters. The van der Waals surface area contributed by atoms with Crippen LogP contribution in [0.2, 0.25) is 0 Å². The third-order valence-corrected chi connectivity index (χ3v) is 5.70. The molecule has 4 rings (SSSR count). The summed E-state index contributed by atoms with van der Waals surface area (Å²) in [6.45, 7) is 0.696. The number of carbonyl (C=O) groups is 1. The summed E-state index contributed by atoms with van der Waals surface area (Å²) in [6, 6.07) is 20.3. The van der Waals surface area contributed by atoms with Gasteiger partial charge < -0.3 is 10.1 Å². The zero-order valence-corrected chi connectivity index (χ0v) is 15.8. The summed E-state index contributed by atoms with van der Waals surface area (Å²) >= 11 is 1.53. The number of thiazole rings is 1. The number of nitrogens with one attached hydrogen (secondary N) is 1. The molecule has 0 saturated carbocycles. The fraction of sp³-hybridized carbons (Fsp3) is 0.273. The lowest BCUT2D eigenvalue weighted by molar-refractivity contribution is -0.129. The minimum Gasteiger partial charge on any atom is -0.373 e. The lowest BCUT2D eigenvalue weighted by atomic mass is 9.89. The molecule has 3 aromatic rings. The van der Waals surface area contributed by atoms with Crippen LogP contribution in [0.25, 0.3) is 0 Å². The van der Waals surface area contributed by atoms with E-state index in [0.717, 1.165) is 29.7 Å². The molecular weight excluding hydrogens is 356 g/mol. The van der Waals surface area contributed by atoms with Crippen LogP contribution in [0.1, 0.15) is 34.9 Å². The normalized spacial score (nSPS) is 19.6. The minimum absolute atomic E-state index is 0.0100. The van der Waals surface area contributed by atoms with Crippen molar-refractivity contribution in [1.82, 2.24) is 4.98 Å². The molecule has 1 aromatic heterocycles. The van der Waals surface area contributed by atoms with E-state index in [0.29, 0.717) is 11.7 Å². The molecule has 1 saturated heterocycles. The van der Waals surface area contributed by atoms with E-state index in [9.17, 15) is 4.79 Å². The molecule has 1 aliphatic heterocycles. The van der Waals surface area contributed by atoms with Crippen LogP contribution in [0.4, 0.5) is 5.13 Å². The van der Waals surface area contributed by atoms with Crippen molar-refractivity contribution >= 4 is 22.4 Å². The summed E-state index contributed by atoms with van der Waals surface area (Å²) < 4.78 is 5.94. The molecule has 2 heterocycles. The Morgan fingerprint density at radius 2 is 1.85 bits per heavy atom. The van der Waals surface area contributed by atoms with Crippen LogP contribution in [0.5, 0.6) is 0 Å². The summed E-state index contributed by atoms with van der Waals surface area (Å²) in [7, 11) is 0. The quantitative estimate of drug-likeness (QED) is 0.691. The van der Waals surface area contributed by atoms with Crippen molar-refractivity contribution in [2.45, 2.75) is 25.4 Å². The molecule has 138 valence electrons. The number of nitrogens with zero attached hydrogens (tertiary/aromatic N) is 1. The number of benzene rings is 2. The predicted octanol–water partition coefficient (Wildman–Crippen LogP) is 4.84. The van der Waals surface area contributed by atoms with Crippen molar-refractivity contribution in [3.8, 4) is 0 Å². The highest BCUT2D eigenvalue weighted by Gasteiger charge is 2.33. The van der Waals surface area contributed by atoms with Gasteiger partial charge >= 0.3 is 0 Å². The Balaban J connectivity index is 1.43. The molecule has 0 aliphatic carbocycles. The molecule has 2 unspecified atom stereocenters. The van der Waals surface area contributed by atoms with E-state index in [1.807, 2.05) is 54.7 Å². The van der Waals surface area contributed by atoms with Crippen LogP contribution in [-0.4, -0.2) is 17.5 Å². The predicted molar refractivity (Wildman–Crippen MR) is 108 cm³/mol. The number of carbonyl (C=O) groups excluding carboxylic acids is 1. The maximum Gasteiger partial charge on any atom is 0.232 e. The molecule has 1 amide bonds. The van der Waals surface area contributed by atoms with Gasteiger partial charge in [-0.1, -0.05) is 60.7 Å². The third kappa shape index (κ3) is 4.43. The Morgan fingerprint density at radius 3 is 2.63 bits per heavy atom. The molecule has 1 fully saturated rings. The Labute approximate surface area is 163 Å². The average Bonchev–Trinajstić information content (AvgIpc) is 3.16. The van der Waals surface area contributed by atoms with Crippen LogP contribution in [0, 0.1) is 5.92 Å². The van der Waals surface area contributed by atoms with Crippen molar-refractivity contribution in [3.63, 3.8) is 0 Å². The lowest BCUT2D eigenvalue weighted by Gasteiger charge is -2.30. The molecule has 0 bridgehead atoms. The van der Waals surface area contributed by atoms with Crippen LogP contribution < -0.4 is 5.32 Å². The van der Waals surface area contributed by atoms with E-state index in [4.69, 9.17) is 4.74 Å². The van der Waals surface area contributed by atoms with Crippen molar-refractivity contribution in [2.24, 2.45) is 5.92 Å². The Bertz CT molecular complexity index is 880. The standard InChI is InChI=1S/C22H22N2O2S/c25-21(19-12-7-13-26-20(19)17-10-5-2-6-11-17)24-22-23-15-18(27-22)14-16-8-3-1-4-9-16/h1-6,8-11,15,19-20H,7,12-14H2,(H,23,24,25). The van der Waals surface area contributed by atoms with E-state index < -0.39 is 0 Å². The van der Waals surface area contributed by atoms with Crippen molar-refractivity contribution < 1.29 is 9.53 Å². The van der Waals surface area contributed by atoms with Gasteiger partial charge in [0.1, 0.15) is 0 Å². The van der Waals surface area contributed by atoms with E-state index in [1.165, 1.54) is 16.9 Å². The van der Waals surface area contributed by atoms with Crippen LogP contribution in [0.3, 0.4) is 0 Å². The lowest BCUT2D eigenvalue weighted by Crippen LogP contribution is -2.33. The molecule has 0 spiro atoms. The molecule has 27 heavy (non-hydrogen) atoms.